The Bertz CT molecular complexity index is 2870. The second-order valence-corrected chi connectivity index (χ2v) is 18.3. The summed E-state index contributed by atoms with van der Waals surface area (Å²) < 4.78 is 0. The number of benzene rings is 8. The van der Waals surface area contributed by atoms with E-state index in [9.17, 15) is 0 Å². The summed E-state index contributed by atoms with van der Waals surface area (Å²) in [4.78, 5) is 0. The van der Waals surface area contributed by atoms with E-state index in [1.807, 2.05) is 0 Å². The Morgan fingerprint density at radius 3 is 1.15 bits per heavy atom. The zero-order valence-electron chi connectivity index (χ0n) is 36.9. The van der Waals surface area contributed by atoms with Crippen molar-refractivity contribution in [2.24, 2.45) is 0 Å². The van der Waals surface area contributed by atoms with Crippen LogP contribution in [-0.4, -0.2) is 0 Å². The van der Waals surface area contributed by atoms with Crippen LogP contribution in [0.4, 0.5) is 0 Å². The van der Waals surface area contributed by atoms with Gasteiger partial charge in [0, 0.05) is 0 Å². The van der Waals surface area contributed by atoms with Crippen LogP contribution in [0.15, 0.2) is 194 Å². The van der Waals surface area contributed by atoms with Gasteiger partial charge in [-0.1, -0.05) is 248 Å². The molecule has 0 saturated heterocycles. The summed E-state index contributed by atoms with van der Waals surface area (Å²) in [6.07, 6.45) is 13.5. The van der Waals surface area contributed by atoms with Crippen LogP contribution in [0.1, 0.15) is 108 Å². The van der Waals surface area contributed by atoms with Crippen molar-refractivity contribution in [2.45, 2.75) is 52.4 Å². The molecule has 0 radical (unpaired) electrons. The molecule has 0 aliphatic rings. The van der Waals surface area contributed by atoms with Crippen molar-refractivity contribution in [2.75, 3.05) is 0 Å². The van der Waals surface area contributed by atoms with Gasteiger partial charge in [0.2, 0.25) is 0 Å². The van der Waals surface area contributed by atoms with Crippen LogP contribution < -0.4 is 0 Å². The van der Waals surface area contributed by atoms with Gasteiger partial charge in [-0.2, -0.15) is 0 Å². The van der Waals surface area contributed by atoms with Crippen molar-refractivity contribution < 1.29 is 0 Å². The lowest BCUT2D eigenvalue weighted by atomic mass is 9.85. The molecule has 62 heavy (non-hydrogen) atoms. The van der Waals surface area contributed by atoms with Crippen molar-refractivity contribution in [3.8, 4) is 0 Å². The van der Waals surface area contributed by atoms with Crippen LogP contribution in [-0.2, 0) is 10.8 Å². The largest absolute Gasteiger partial charge is 0.0622 e. The van der Waals surface area contributed by atoms with E-state index >= 15 is 0 Å². The second kappa shape index (κ2) is 18.3. The summed E-state index contributed by atoms with van der Waals surface area (Å²) in [7, 11) is 0. The molecule has 0 aliphatic heterocycles. The van der Waals surface area contributed by atoms with Gasteiger partial charge in [0.15, 0.2) is 0 Å². The van der Waals surface area contributed by atoms with E-state index in [0.29, 0.717) is 0 Å². The van der Waals surface area contributed by atoms with Gasteiger partial charge in [0.1, 0.15) is 0 Å². The maximum Gasteiger partial charge on any atom is -0.0105 e. The Labute approximate surface area is 370 Å². The van der Waals surface area contributed by atoms with Crippen LogP contribution in [0.2, 0.25) is 0 Å². The normalized spacial score (nSPS) is 12.7. The summed E-state index contributed by atoms with van der Waals surface area (Å²) in [5, 5.41) is 2.46. The number of rotatable bonds is 10. The molecule has 0 atom stereocenters. The average molecular weight is 801 g/mol. The van der Waals surface area contributed by atoms with Gasteiger partial charge < -0.3 is 0 Å². The van der Waals surface area contributed by atoms with E-state index in [2.05, 4.69) is 272 Å². The minimum absolute atomic E-state index is 0.115. The molecular weight excluding hydrogens is 745 g/mol. The van der Waals surface area contributed by atoms with Crippen LogP contribution in [0.5, 0.6) is 0 Å². The van der Waals surface area contributed by atoms with Gasteiger partial charge in [0.25, 0.3) is 0 Å². The first-order valence-electron chi connectivity index (χ1n) is 21.8. The van der Waals surface area contributed by atoms with Crippen molar-refractivity contribution in [3.63, 3.8) is 0 Å². The fourth-order valence-corrected chi connectivity index (χ4v) is 7.92. The minimum atomic E-state index is 0.115. The minimum Gasteiger partial charge on any atom is -0.0622 e. The first kappa shape index (κ1) is 41.7. The zero-order valence-corrected chi connectivity index (χ0v) is 36.9. The molecule has 0 unspecified atom stereocenters. The highest BCUT2D eigenvalue weighted by Gasteiger charge is 2.16. The van der Waals surface area contributed by atoms with Crippen LogP contribution in [0, 0.1) is 0 Å². The van der Waals surface area contributed by atoms with Crippen LogP contribution in [0.3, 0.4) is 0 Å². The quantitative estimate of drug-likeness (QED) is 0.121. The predicted molar refractivity (Wildman–Crippen MR) is 272 cm³/mol. The lowest BCUT2D eigenvalue weighted by Crippen LogP contribution is -2.10. The van der Waals surface area contributed by atoms with Crippen molar-refractivity contribution >= 4 is 58.4 Å². The SMILES string of the molecule is CC(C)(C)c1ccc(C(=Cc2ccc(C=Cc3cc(C=Cc4ccc(C=C(c5ccccc5)c5ccc(C(C)(C)C)cc5)cc4)c4ccccc4c3)cc2)c2ccccc2)cc1. The van der Waals surface area contributed by atoms with Gasteiger partial charge in [-0.15, -0.1) is 0 Å². The third-order valence-corrected chi connectivity index (χ3v) is 11.6. The maximum atomic E-state index is 2.30. The molecule has 0 heterocycles. The summed E-state index contributed by atoms with van der Waals surface area (Å²) in [6.45, 7) is 13.6. The molecule has 0 heteroatoms. The number of hydrogen-bond acceptors (Lipinski definition) is 0. The van der Waals surface area contributed by atoms with Gasteiger partial charge in [0.05, 0.1) is 0 Å². The monoisotopic (exact) mass is 800 g/mol. The smallest absolute Gasteiger partial charge is 0.0105 e. The summed E-state index contributed by atoms with van der Waals surface area (Å²) >= 11 is 0. The van der Waals surface area contributed by atoms with E-state index in [4.69, 9.17) is 0 Å². The fourth-order valence-electron chi connectivity index (χ4n) is 7.92. The van der Waals surface area contributed by atoms with Crippen molar-refractivity contribution in [1.29, 1.82) is 0 Å². The number of fused-ring (bicyclic) bond motifs is 1. The Hall–Kier alpha value is -7.02. The Kier molecular flexibility index (Phi) is 12.3. The molecule has 0 aromatic heterocycles. The number of hydrogen-bond donors (Lipinski definition) is 0. The highest BCUT2D eigenvalue weighted by molar-refractivity contribution is 5.96. The van der Waals surface area contributed by atoms with Crippen molar-refractivity contribution in [3.05, 3.63) is 261 Å². The highest BCUT2D eigenvalue weighted by Crippen LogP contribution is 2.32. The third kappa shape index (κ3) is 10.3. The summed E-state index contributed by atoms with van der Waals surface area (Å²) in [6, 6.07) is 70.4. The molecule has 0 saturated carbocycles. The first-order chi connectivity index (χ1) is 30.0. The predicted octanol–water partition coefficient (Wildman–Crippen LogP) is 17.0. The van der Waals surface area contributed by atoms with E-state index < -0.39 is 0 Å². The molecule has 0 aliphatic carbocycles. The van der Waals surface area contributed by atoms with Gasteiger partial charge >= 0.3 is 0 Å². The standard InChI is InChI=1S/C62H56/c1-61(2,3)56-37-33-52(34-38-56)59(50-15-9-7-10-16-50)43-47-26-21-45(22-27-47)25-30-49-41-54-19-13-14-20-58(54)55(42-49)32-31-46-23-28-48(29-24-46)44-60(51-17-11-8-12-18-51)53-35-39-57(40-36-53)62(4,5)6/h7-44H,1-6H3. The molecule has 8 aromatic carbocycles. The van der Waals surface area contributed by atoms with E-state index in [1.54, 1.807) is 0 Å². The first-order valence-corrected chi connectivity index (χ1v) is 21.8. The van der Waals surface area contributed by atoms with Crippen molar-refractivity contribution in [1.82, 2.24) is 0 Å². The molecule has 0 bridgehead atoms. The molecule has 8 aromatic rings. The molecule has 8 rings (SSSR count). The molecule has 0 spiro atoms. The Balaban J connectivity index is 1.02. The second-order valence-electron chi connectivity index (χ2n) is 18.3. The molecule has 0 N–H and O–H groups in total. The Morgan fingerprint density at radius 2 is 0.694 bits per heavy atom. The van der Waals surface area contributed by atoms with Crippen LogP contribution >= 0.6 is 0 Å². The lowest BCUT2D eigenvalue weighted by Gasteiger charge is -2.19. The summed E-state index contributed by atoms with van der Waals surface area (Å²) in [5.41, 5.74) is 17.2. The van der Waals surface area contributed by atoms with E-state index in [1.165, 1.54) is 77.6 Å². The van der Waals surface area contributed by atoms with Crippen LogP contribution in [0.25, 0.3) is 58.4 Å². The van der Waals surface area contributed by atoms with Gasteiger partial charge in [-0.25, -0.2) is 0 Å². The molecule has 0 nitrogen and oxygen atoms in total. The topological polar surface area (TPSA) is 0 Å². The Morgan fingerprint density at radius 1 is 0.323 bits per heavy atom. The van der Waals surface area contributed by atoms with Gasteiger partial charge in [-0.05, 0) is 124 Å². The fraction of sp³-hybridized carbons (Fsp3) is 0.129. The zero-order chi connectivity index (χ0) is 43.1. The van der Waals surface area contributed by atoms with E-state index in [0.717, 1.165) is 11.1 Å². The molecule has 304 valence electrons. The third-order valence-electron chi connectivity index (χ3n) is 11.6. The summed E-state index contributed by atoms with van der Waals surface area (Å²) in [5.74, 6) is 0. The van der Waals surface area contributed by atoms with Gasteiger partial charge in [-0.3, -0.25) is 0 Å². The maximum absolute atomic E-state index is 2.30. The lowest BCUT2D eigenvalue weighted by molar-refractivity contribution is 0.590. The molecule has 0 fully saturated rings. The molecular formula is C62H56. The van der Waals surface area contributed by atoms with E-state index in [-0.39, 0.29) is 10.8 Å². The average Bonchev–Trinajstić information content (AvgIpc) is 3.29. The highest BCUT2D eigenvalue weighted by atomic mass is 14.2. The molecule has 0 amide bonds.